The second kappa shape index (κ2) is 9.24. The maximum atomic E-state index is 12.4. The van der Waals surface area contributed by atoms with Crippen molar-refractivity contribution in [3.05, 3.63) is 65.2 Å². The molecule has 28 heavy (non-hydrogen) atoms. The number of nitrogens with zero attached hydrogens (tertiary/aromatic N) is 1. The predicted molar refractivity (Wildman–Crippen MR) is 115 cm³/mol. The van der Waals surface area contributed by atoms with Gasteiger partial charge in [0, 0.05) is 37.4 Å². The molecule has 2 aromatic rings. The van der Waals surface area contributed by atoms with Crippen molar-refractivity contribution in [2.75, 3.05) is 37.6 Å². The number of amides is 1. The van der Waals surface area contributed by atoms with Gasteiger partial charge in [-0.1, -0.05) is 30.3 Å². The minimum absolute atomic E-state index is 0.0346. The van der Waals surface area contributed by atoms with E-state index in [1.807, 2.05) is 12.1 Å². The number of piperidine rings is 1. The maximum absolute atomic E-state index is 12.4. The first kappa shape index (κ1) is 19.0. The molecule has 2 aliphatic heterocycles. The van der Waals surface area contributed by atoms with Crippen LogP contribution in [-0.2, 0) is 6.42 Å². The van der Waals surface area contributed by atoms with Gasteiger partial charge in [-0.3, -0.25) is 4.79 Å². The predicted octanol–water partition coefficient (Wildman–Crippen LogP) is 3.73. The van der Waals surface area contributed by atoms with Gasteiger partial charge in [-0.2, -0.15) is 0 Å². The highest BCUT2D eigenvalue weighted by atomic mass is 16.1. The molecule has 1 fully saturated rings. The number of hydrogen-bond acceptors (Lipinski definition) is 3. The van der Waals surface area contributed by atoms with Crippen LogP contribution >= 0.6 is 0 Å². The molecule has 2 aromatic carbocycles. The molecule has 0 saturated carbocycles. The van der Waals surface area contributed by atoms with Crippen molar-refractivity contribution in [3.63, 3.8) is 0 Å². The van der Waals surface area contributed by atoms with Crippen molar-refractivity contribution in [1.29, 1.82) is 0 Å². The van der Waals surface area contributed by atoms with Crippen molar-refractivity contribution in [3.8, 4) is 0 Å². The lowest BCUT2D eigenvalue weighted by atomic mass is 9.91. The summed E-state index contributed by atoms with van der Waals surface area (Å²) in [5.74, 6) is 0.616. The number of fused-ring (bicyclic) bond motifs is 1. The summed E-state index contributed by atoms with van der Waals surface area (Å²) in [5, 5.41) is 6.54. The zero-order valence-corrected chi connectivity index (χ0v) is 16.6. The molecule has 0 unspecified atom stereocenters. The molecule has 0 radical (unpaired) electrons. The zero-order valence-electron chi connectivity index (χ0n) is 16.6. The number of aryl methyl sites for hydroxylation is 1. The lowest BCUT2D eigenvalue weighted by Gasteiger charge is -2.31. The molecular formula is C24H31N3O. The molecule has 1 amide bonds. The number of nitrogens with one attached hydrogen (secondary N) is 2. The van der Waals surface area contributed by atoms with Crippen LogP contribution in [0.15, 0.2) is 48.5 Å². The normalized spacial score (nSPS) is 19.1. The summed E-state index contributed by atoms with van der Waals surface area (Å²) in [6.45, 7) is 4.99. The van der Waals surface area contributed by atoms with Crippen molar-refractivity contribution < 1.29 is 4.79 Å². The monoisotopic (exact) mass is 377 g/mol. The molecule has 2 N–H and O–H groups in total. The van der Waals surface area contributed by atoms with Gasteiger partial charge in [0.1, 0.15) is 0 Å². The van der Waals surface area contributed by atoms with Crippen LogP contribution in [0.4, 0.5) is 5.69 Å². The molecule has 4 heteroatoms. The molecule has 2 heterocycles. The quantitative estimate of drug-likeness (QED) is 0.754. The van der Waals surface area contributed by atoms with Crippen molar-refractivity contribution >= 4 is 11.6 Å². The van der Waals surface area contributed by atoms with Gasteiger partial charge in [-0.25, -0.2) is 0 Å². The Hall–Kier alpha value is -2.33. The fraction of sp³-hybridized carbons (Fsp3) is 0.458. The van der Waals surface area contributed by atoms with Crippen LogP contribution in [0.3, 0.4) is 0 Å². The zero-order chi connectivity index (χ0) is 19.2. The highest BCUT2D eigenvalue weighted by Gasteiger charge is 2.17. The Morgan fingerprint density at radius 2 is 1.96 bits per heavy atom. The number of rotatable bonds is 6. The van der Waals surface area contributed by atoms with Crippen molar-refractivity contribution in [2.24, 2.45) is 0 Å². The van der Waals surface area contributed by atoms with Gasteiger partial charge in [0.05, 0.1) is 0 Å². The summed E-state index contributed by atoms with van der Waals surface area (Å²) in [6, 6.07) is 16.9. The van der Waals surface area contributed by atoms with E-state index in [4.69, 9.17) is 0 Å². The van der Waals surface area contributed by atoms with E-state index >= 15 is 0 Å². The number of benzene rings is 2. The third-order valence-electron chi connectivity index (χ3n) is 6.04. The molecule has 1 atom stereocenters. The second-order valence-corrected chi connectivity index (χ2v) is 7.99. The summed E-state index contributed by atoms with van der Waals surface area (Å²) < 4.78 is 0. The van der Waals surface area contributed by atoms with Crippen molar-refractivity contribution in [1.82, 2.24) is 10.6 Å². The largest absolute Gasteiger partial charge is 0.371 e. The summed E-state index contributed by atoms with van der Waals surface area (Å²) in [6.07, 6.45) is 5.82. The van der Waals surface area contributed by atoms with Crippen LogP contribution < -0.4 is 15.5 Å². The maximum Gasteiger partial charge on any atom is 0.251 e. The number of carbonyl (C=O) groups excluding carboxylic acids is 1. The minimum atomic E-state index is 0.0346. The second-order valence-electron chi connectivity index (χ2n) is 7.99. The molecule has 0 spiro atoms. The van der Waals surface area contributed by atoms with E-state index in [0.717, 1.165) is 38.2 Å². The summed E-state index contributed by atoms with van der Waals surface area (Å²) in [7, 11) is 0. The standard InChI is InChI=1S/C24H31N3O/c28-24(21-12-10-19(11-13-21)22-7-3-14-25-18-22)26-15-5-17-27-16-4-8-20-6-1-2-9-23(20)27/h1-2,6,9-13,22,25H,3-5,7-8,14-18H2,(H,26,28)/t22-/m1/s1. The average molecular weight is 378 g/mol. The Labute approximate surface area is 168 Å². The summed E-state index contributed by atoms with van der Waals surface area (Å²) in [4.78, 5) is 14.9. The number of carbonyl (C=O) groups is 1. The van der Waals surface area contributed by atoms with E-state index in [0.29, 0.717) is 12.5 Å². The highest BCUT2D eigenvalue weighted by molar-refractivity contribution is 5.94. The van der Waals surface area contributed by atoms with Gasteiger partial charge < -0.3 is 15.5 Å². The third kappa shape index (κ3) is 4.56. The Bertz CT molecular complexity index is 781. The van der Waals surface area contributed by atoms with Crippen molar-refractivity contribution in [2.45, 2.75) is 38.0 Å². The van der Waals surface area contributed by atoms with E-state index in [1.54, 1.807) is 0 Å². The number of hydrogen-bond donors (Lipinski definition) is 2. The van der Waals surface area contributed by atoms with E-state index in [1.165, 1.54) is 42.5 Å². The molecule has 0 aliphatic carbocycles. The van der Waals surface area contributed by atoms with Gasteiger partial charge >= 0.3 is 0 Å². The van der Waals surface area contributed by atoms with Crippen LogP contribution in [0, 0.1) is 0 Å². The molecule has 1 saturated heterocycles. The molecule has 0 aromatic heterocycles. The Kier molecular flexibility index (Phi) is 6.27. The molecule has 4 nitrogen and oxygen atoms in total. The molecule has 2 aliphatic rings. The smallest absolute Gasteiger partial charge is 0.251 e. The SMILES string of the molecule is O=C(NCCCN1CCCc2ccccc21)c1ccc([C@@H]2CCCNC2)cc1. The van der Waals surface area contributed by atoms with E-state index in [9.17, 15) is 4.79 Å². The van der Waals surface area contributed by atoms with E-state index in [2.05, 4.69) is 51.9 Å². The van der Waals surface area contributed by atoms with Gasteiger partial charge in [0.15, 0.2) is 0 Å². The lowest BCUT2D eigenvalue weighted by molar-refractivity contribution is 0.0953. The molecule has 4 rings (SSSR count). The molecule has 148 valence electrons. The minimum Gasteiger partial charge on any atom is -0.371 e. The van der Waals surface area contributed by atoms with Crippen LogP contribution in [-0.4, -0.2) is 38.6 Å². The number of para-hydroxylation sites is 1. The average Bonchev–Trinajstić information content (AvgIpc) is 2.77. The first-order valence-electron chi connectivity index (χ1n) is 10.7. The topological polar surface area (TPSA) is 44.4 Å². The third-order valence-corrected chi connectivity index (χ3v) is 6.04. The van der Waals surface area contributed by atoms with Crippen LogP contribution in [0.2, 0.25) is 0 Å². The first-order chi connectivity index (χ1) is 13.8. The lowest BCUT2D eigenvalue weighted by Crippen LogP contribution is -2.33. The Morgan fingerprint density at radius 1 is 1.11 bits per heavy atom. The fourth-order valence-corrected chi connectivity index (χ4v) is 4.46. The van der Waals surface area contributed by atoms with Gasteiger partial charge in [-0.15, -0.1) is 0 Å². The Balaban J connectivity index is 1.24. The summed E-state index contributed by atoms with van der Waals surface area (Å²) >= 11 is 0. The summed E-state index contributed by atoms with van der Waals surface area (Å²) in [5.41, 5.74) is 4.92. The molecular weight excluding hydrogens is 346 g/mol. The van der Waals surface area contributed by atoms with Gasteiger partial charge in [-0.05, 0) is 73.9 Å². The van der Waals surface area contributed by atoms with Crippen LogP contribution in [0.5, 0.6) is 0 Å². The van der Waals surface area contributed by atoms with Gasteiger partial charge in [0.25, 0.3) is 5.91 Å². The van der Waals surface area contributed by atoms with E-state index in [-0.39, 0.29) is 5.91 Å². The first-order valence-corrected chi connectivity index (χ1v) is 10.7. The highest BCUT2D eigenvalue weighted by Crippen LogP contribution is 2.26. The van der Waals surface area contributed by atoms with Gasteiger partial charge in [0.2, 0.25) is 0 Å². The number of anilines is 1. The van der Waals surface area contributed by atoms with E-state index < -0.39 is 0 Å². The van der Waals surface area contributed by atoms with Crippen LogP contribution in [0.1, 0.15) is 53.1 Å². The van der Waals surface area contributed by atoms with Crippen LogP contribution in [0.25, 0.3) is 0 Å². The molecule has 0 bridgehead atoms. The Morgan fingerprint density at radius 3 is 2.79 bits per heavy atom. The fourth-order valence-electron chi connectivity index (χ4n) is 4.46.